The highest BCUT2D eigenvalue weighted by Crippen LogP contribution is 2.31. The summed E-state index contributed by atoms with van der Waals surface area (Å²) in [6.45, 7) is 1.76. The van der Waals surface area contributed by atoms with Gasteiger partial charge in [0.15, 0.2) is 5.78 Å². The molecular formula is C21H16ClF3N4O2. The summed E-state index contributed by atoms with van der Waals surface area (Å²) in [5.41, 5.74) is 6.15. The number of nitrogens with two attached hydrogens (primary N) is 1. The lowest BCUT2D eigenvalue weighted by molar-refractivity contribution is -0.137. The smallest absolute Gasteiger partial charge is 0.382 e. The number of amides is 1. The SMILES string of the molecule is Cc1ccc(C(=O)Nc2cccc(C(F)(F)F)c2)cc1CC(=O)c1ncnc(N)c1Cl. The number of carbonyl (C=O) groups excluding carboxylic acids is 2. The number of benzene rings is 2. The molecule has 0 saturated heterocycles. The van der Waals surface area contributed by atoms with E-state index in [1.54, 1.807) is 13.0 Å². The number of nitrogen functional groups attached to an aromatic ring is 1. The summed E-state index contributed by atoms with van der Waals surface area (Å²) in [5.74, 6) is -1.05. The largest absolute Gasteiger partial charge is 0.416 e. The van der Waals surface area contributed by atoms with Gasteiger partial charge in [-0.15, -0.1) is 0 Å². The lowest BCUT2D eigenvalue weighted by Gasteiger charge is -2.12. The Kier molecular flexibility index (Phi) is 6.26. The van der Waals surface area contributed by atoms with E-state index in [9.17, 15) is 22.8 Å². The lowest BCUT2D eigenvalue weighted by atomic mass is 9.99. The van der Waals surface area contributed by atoms with E-state index in [4.69, 9.17) is 17.3 Å². The molecule has 0 aliphatic carbocycles. The molecule has 0 radical (unpaired) electrons. The molecule has 0 aliphatic rings. The van der Waals surface area contributed by atoms with Crippen LogP contribution in [-0.2, 0) is 12.6 Å². The van der Waals surface area contributed by atoms with Crippen molar-refractivity contribution in [2.24, 2.45) is 0 Å². The average molecular weight is 449 g/mol. The predicted octanol–water partition coefficient (Wildman–Crippen LogP) is 4.72. The third-order valence-corrected chi connectivity index (χ3v) is 4.86. The molecular weight excluding hydrogens is 433 g/mol. The second-order valence-corrected chi connectivity index (χ2v) is 7.07. The highest BCUT2D eigenvalue weighted by Gasteiger charge is 2.30. The number of hydrogen-bond acceptors (Lipinski definition) is 5. The van der Waals surface area contributed by atoms with Crippen LogP contribution in [0.2, 0.25) is 5.02 Å². The van der Waals surface area contributed by atoms with Gasteiger partial charge in [-0.1, -0.05) is 23.7 Å². The predicted molar refractivity (Wildman–Crippen MR) is 110 cm³/mol. The molecule has 3 aromatic rings. The lowest BCUT2D eigenvalue weighted by Crippen LogP contribution is -2.15. The number of anilines is 2. The van der Waals surface area contributed by atoms with E-state index < -0.39 is 23.4 Å². The van der Waals surface area contributed by atoms with Gasteiger partial charge in [-0.25, -0.2) is 9.97 Å². The maximum Gasteiger partial charge on any atom is 0.416 e. The monoisotopic (exact) mass is 448 g/mol. The van der Waals surface area contributed by atoms with E-state index in [-0.39, 0.29) is 34.2 Å². The summed E-state index contributed by atoms with van der Waals surface area (Å²) in [6, 6.07) is 8.96. The van der Waals surface area contributed by atoms with Crippen LogP contribution >= 0.6 is 11.6 Å². The Hall–Kier alpha value is -3.46. The fourth-order valence-electron chi connectivity index (χ4n) is 2.81. The second kappa shape index (κ2) is 8.73. The van der Waals surface area contributed by atoms with Gasteiger partial charge in [0.1, 0.15) is 22.9 Å². The molecule has 31 heavy (non-hydrogen) atoms. The highest BCUT2D eigenvalue weighted by atomic mass is 35.5. The Morgan fingerprint density at radius 2 is 1.87 bits per heavy atom. The van der Waals surface area contributed by atoms with Gasteiger partial charge in [-0.05, 0) is 48.4 Å². The number of halogens is 4. The molecule has 6 nitrogen and oxygen atoms in total. The minimum absolute atomic E-state index is 0.00117. The first-order valence-corrected chi connectivity index (χ1v) is 9.31. The van der Waals surface area contributed by atoms with Gasteiger partial charge in [0.2, 0.25) is 0 Å². The van der Waals surface area contributed by atoms with Crippen molar-refractivity contribution in [3.8, 4) is 0 Å². The number of rotatable bonds is 5. The molecule has 0 unspecified atom stereocenters. The number of alkyl halides is 3. The topological polar surface area (TPSA) is 98.0 Å². The van der Waals surface area contributed by atoms with Gasteiger partial charge in [-0.3, -0.25) is 9.59 Å². The Bertz CT molecular complexity index is 1170. The van der Waals surface area contributed by atoms with Crippen LogP contribution in [0.5, 0.6) is 0 Å². The van der Waals surface area contributed by atoms with Crippen LogP contribution in [0.25, 0.3) is 0 Å². The van der Waals surface area contributed by atoms with E-state index in [2.05, 4.69) is 15.3 Å². The van der Waals surface area contributed by atoms with Crippen molar-refractivity contribution in [3.05, 3.63) is 81.8 Å². The summed E-state index contributed by atoms with van der Waals surface area (Å²) in [6.07, 6.45) is -3.50. The molecule has 0 fully saturated rings. The molecule has 2 aromatic carbocycles. The molecule has 0 spiro atoms. The third kappa shape index (κ3) is 5.18. The maximum atomic E-state index is 12.9. The highest BCUT2D eigenvalue weighted by molar-refractivity contribution is 6.35. The summed E-state index contributed by atoms with van der Waals surface area (Å²) in [4.78, 5) is 32.7. The fraction of sp³-hybridized carbons (Fsp3) is 0.143. The molecule has 1 amide bonds. The number of aromatic nitrogens is 2. The normalized spacial score (nSPS) is 11.3. The van der Waals surface area contributed by atoms with E-state index >= 15 is 0 Å². The summed E-state index contributed by atoms with van der Waals surface area (Å²) in [7, 11) is 0. The van der Waals surface area contributed by atoms with E-state index in [1.165, 1.54) is 24.3 Å². The standard InChI is InChI=1S/C21H16ClF3N4O2/c1-11-5-6-12(20(31)29-15-4-2-3-14(9-15)21(23,24)25)7-13(11)8-16(30)18-17(22)19(26)28-10-27-18/h2-7,9-10H,8H2,1H3,(H,29,31)(H2,26,27,28). The Labute approximate surface area is 180 Å². The first-order chi connectivity index (χ1) is 14.6. The molecule has 1 heterocycles. The number of ketones is 1. The molecule has 3 rings (SSSR count). The van der Waals surface area contributed by atoms with Gasteiger partial charge in [0.25, 0.3) is 5.91 Å². The van der Waals surface area contributed by atoms with Crippen molar-refractivity contribution in [1.29, 1.82) is 0 Å². The van der Waals surface area contributed by atoms with E-state index in [0.29, 0.717) is 5.56 Å². The molecule has 0 aliphatic heterocycles. The minimum Gasteiger partial charge on any atom is -0.382 e. The first-order valence-electron chi connectivity index (χ1n) is 8.93. The number of carbonyl (C=O) groups is 2. The Morgan fingerprint density at radius 3 is 2.58 bits per heavy atom. The third-order valence-electron chi connectivity index (χ3n) is 4.49. The van der Waals surface area contributed by atoms with Crippen LogP contribution in [0, 0.1) is 6.92 Å². The van der Waals surface area contributed by atoms with Crippen molar-refractivity contribution in [2.75, 3.05) is 11.1 Å². The van der Waals surface area contributed by atoms with Gasteiger partial charge in [0.05, 0.1) is 5.56 Å². The van der Waals surface area contributed by atoms with Gasteiger partial charge in [-0.2, -0.15) is 13.2 Å². The number of Topliss-reactive ketones (excluding diaryl/α,β-unsaturated/α-hetero) is 1. The maximum absolute atomic E-state index is 12.9. The van der Waals surface area contributed by atoms with Gasteiger partial charge in [0, 0.05) is 17.7 Å². The van der Waals surface area contributed by atoms with Gasteiger partial charge >= 0.3 is 6.18 Å². The van der Waals surface area contributed by atoms with Crippen LogP contribution in [-0.4, -0.2) is 21.7 Å². The number of aryl methyl sites for hydroxylation is 1. The molecule has 3 N–H and O–H groups in total. The average Bonchev–Trinajstić information content (AvgIpc) is 2.71. The van der Waals surface area contributed by atoms with Crippen LogP contribution in [0.15, 0.2) is 48.8 Å². The summed E-state index contributed by atoms with van der Waals surface area (Å²) >= 11 is 6.00. The van der Waals surface area contributed by atoms with Crippen molar-refractivity contribution in [1.82, 2.24) is 9.97 Å². The quantitative estimate of drug-likeness (QED) is 0.550. The first kappa shape index (κ1) is 22.2. The molecule has 160 valence electrons. The zero-order chi connectivity index (χ0) is 22.8. The zero-order valence-electron chi connectivity index (χ0n) is 16.1. The summed E-state index contributed by atoms with van der Waals surface area (Å²) in [5, 5.41) is 2.38. The van der Waals surface area contributed by atoms with E-state index in [1.807, 2.05) is 0 Å². The van der Waals surface area contributed by atoms with Crippen molar-refractivity contribution >= 4 is 34.8 Å². The van der Waals surface area contributed by atoms with E-state index in [0.717, 1.165) is 24.0 Å². The number of nitrogens with zero attached hydrogens (tertiary/aromatic N) is 2. The zero-order valence-corrected chi connectivity index (χ0v) is 16.9. The number of nitrogens with one attached hydrogen (secondary N) is 1. The van der Waals surface area contributed by atoms with Crippen LogP contribution in [0.1, 0.15) is 37.5 Å². The minimum atomic E-state index is -4.52. The number of hydrogen-bond donors (Lipinski definition) is 2. The van der Waals surface area contributed by atoms with Crippen molar-refractivity contribution in [2.45, 2.75) is 19.5 Å². The van der Waals surface area contributed by atoms with Crippen molar-refractivity contribution in [3.63, 3.8) is 0 Å². The molecule has 10 heteroatoms. The molecule has 0 bridgehead atoms. The summed E-state index contributed by atoms with van der Waals surface area (Å²) < 4.78 is 38.6. The van der Waals surface area contributed by atoms with Crippen LogP contribution in [0.4, 0.5) is 24.7 Å². The van der Waals surface area contributed by atoms with Gasteiger partial charge < -0.3 is 11.1 Å². The molecule has 0 atom stereocenters. The Balaban J connectivity index is 1.81. The Morgan fingerprint density at radius 1 is 1.13 bits per heavy atom. The molecule has 0 saturated carbocycles. The van der Waals surface area contributed by atoms with Crippen LogP contribution < -0.4 is 11.1 Å². The molecule has 1 aromatic heterocycles. The fourth-order valence-corrected chi connectivity index (χ4v) is 3.02. The second-order valence-electron chi connectivity index (χ2n) is 6.70. The van der Waals surface area contributed by atoms with Crippen molar-refractivity contribution < 1.29 is 22.8 Å². The van der Waals surface area contributed by atoms with Crippen LogP contribution in [0.3, 0.4) is 0 Å².